The van der Waals surface area contributed by atoms with Crippen LogP contribution < -0.4 is 4.74 Å². The Kier molecular flexibility index (Phi) is 4.26. The minimum atomic E-state index is -1.02. The van der Waals surface area contributed by atoms with Crippen molar-refractivity contribution in [2.75, 3.05) is 7.11 Å². The molecule has 0 aliphatic heterocycles. The minimum absolute atomic E-state index is 0.169. The van der Waals surface area contributed by atoms with Gasteiger partial charge in [-0.25, -0.2) is 0 Å². The first-order valence-corrected chi connectivity index (χ1v) is 6.64. The highest BCUT2D eigenvalue weighted by Gasteiger charge is 2.32. The van der Waals surface area contributed by atoms with Gasteiger partial charge in [-0.15, -0.1) is 6.58 Å². The van der Waals surface area contributed by atoms with Gasteiger partial charge in [0.15, 0.2) is 0 Å². The Morgan fingerprint density at radius 3 is 2.20 bits per heavy atom. The molecule has 0 saturated heterocycles. The summed E-state index contributed by atoms with van der Waals surface area (Å²) in [6.45, 7) is 5.69. The molecule has 2 heteroatoms. The van der Waals surface area contributed by atoms with Gasteiger partial charge in [0.2, 0.25) is 0 Å². The molecule has 0 spiro atoms. The van der Waals surface area contributed by atoms with Gasteiger partial charge in [-0.3, -0.25) is 0 Å². The van der Waals surface area contributed by atoms with E-state index in [2.05, 4.69) is 6.58 Å². The van der Waals surface area contributed by atoms with Gasteiger partial charge in [0, 0.05) is 5.92 Å². The molecule has 0 unspecified atom stereocenters. The lowest BCUT2D eigenvalue weighted by Crippen LogP contribution is -2.28. The fourth-order valence-corrected chi connectivity index (χ4v) is 2.46. The minimum Gasteiger partial charge on any atom is -0.497 e. The van der Waals surface area contributed by atoms with Crippen molar-refractivity contribution in [3.05, 3.63) is 78.4 Å². The quantitative estimate of drug-likeness (QED) is 0.834. The van der Waals surface area contributed by atoms with Crippen LogP contribution in [0.4, 0.5) is 0 Å². The Hall–Kier alpha value is -2.06. The molecule has 0 aliphatic rings. The maximum Gasteiger partial charge on any atom is 0.118 e. The van der Waals surface area contributed by atoms with E-state index in [9.17, 15) is 5.11 Å². The standard InChI is InChI=1S/C18H20O2/c1-4-17(14-8-6-5-7-9-14)18(2,19)15-10-12-16(20-3)13-11-15/h4-13,17,19H,1H2,2-3H3/t17-,18-/m1/s1. The lowest BCUT2D eigenvalue weighted by atomic mass is 9.79. The third-order valence-corrected chi connectivity index (χ3v) is 3.67. The molecule has 0 saturated carbocycles. The Morgan fingerprint density at radius 1 is 1.10 bits per heavy atom. The lowest BCUT2D eigenvalue weighted by Gasteiger charge is -2.32. The number of hydrogen-bond donors (Lipinski definition) is 1. The van der Waals surface area contributed by atoms with Crippen LogP contribution in [0.3, 0.4) is 0 Å². The largest absolute Gasteiger partial charge is 0.497 e. The maximum atomic E-state index is 11.0. The summed E-state index contributed by atoms with van der Waals surface area (Å²) in [4.78, 5) is 0. The molecule has 0 amide bonds. The third-order valence-electron chi connectivity index (χ3n) is 3.67. The molecular weight excluding hydrogens is 248 g/mol. The summed E-state index contributed by atoms with van der Waals surface area (Å²) in [5.41, 5.74) is 0.866. The second kappa shape index (κ2) is 5.93. The van der Waals surface area contributed by atoms with Crippen molar-refractivity contribution in [1.29, 1.82) is 0 Å². The first kappa shape index (κ1) is 14.4. The predicted octanol–water partition coefficient (Wildman–Crippen LogP) is 3.87. The molecule has 2 aromatic rings. The van der Waals surface area contributed by atoms with Crippen molar-refractivity contribution < 1.29 is 9.84 Å². The topological polar surface area (TPSA) is 29.5 Å². The third kappa shape index (κ3) is 2.75. The summed E-state index contributed by atoms with van der Waals surface area (Å²) >= 11 is 0. The van der Waals surface area contributed by atoms with Crippen LogP contribution in [-0.2, 0) is 5.60 Å². The molecule has 0 heterocycles. The highest BCUT2D eigenvalue weighted by atomic mass is 16.5. The maximum absolute atomic E-state index is 11.0. The zero-order valence-corrected chi connectivity index (χ0v) is 11.9. The SMILES string of the molecule is C=C[C@H](c1ccccc1)[C@](C)(O)c1ccc(OC)cc1. The van der Waals surface area contributed by atoms with E-state index in [0.717, 1.165) is 16.9 Å². The summed E-state index contributed by atoms with van der Waals surface area (Å²) in [6.07, 6.45) is 1.79. The fourth-order valence-electron chi connectivity index (χ4n) is 2.46. The summed E-state index contributed by atoms with van der Waals surface area (Å²) in [5, 5.41) is 11.0. The Labute approximate surface area is 120 Å². The lowest BCUT2D eigenvalue weighted by molar-refractivity contribution is 0.0417. The van der Waals surface area contributed by atoms with E-state index in [4.69, 9.17) is 4.74 Å². The molecule has 0 bridgehead atoms. The van der Waals surface area contributed by atoms with E-state index in [-0.39, 0.29) is 5.92 Å². The molecule has 0 fully saturated rings. The number of ether oxygens (including phenoxy) is 1. The van der Waals surface area contributed by atoms with Gasteiger partial charge >= 0.3 is 0 Å². The van der Waals surface area contributed by atoms with Gasteiger partial charge in [-0.05, 0) is 30.2 Å². The fraction of sp³-hybridized carbons (Fsp3) is 0.222. The van der Waals surface area contributed by atoms with Gasteiger partial charge in [-0.1, -0.05) is 48.5 Å². The number of benzene rings is 2. The van der Waals surface area contributed by atoms with E-state index in [1.165, 1.54) is 0 Å². The molecule has 0 aromatic heterocycles. The molecule has 2 atom stereocenters. The van der Waals surface area contributed by atoms with E-state index < -0.39 is 5.60 Å². The predicted molar refractivity (Wildman–Crippen MR) is 81.9 cm³/mol. The van der Waals surface area contributed by atoms with Crippen molar-refractivity contribution >= 4 is 0 Å². The van der Waals surface area contributed by atoms with Crippen LogP contribution in [0.5, 0.6) is 5.75 Å². The average molecular weight is 268 g/mol. The van der Waals surface area contributed by atoms with Crippen molar-refractivity contribution in [2.24, 2.45) is 0 Å². The van der Waals surface area contributed by atoms with E-state index in [1.807, 2.05) is 61.5 Å². The summed E-state index contributed by atoms with van der Waals surface area (Å²) in [5.74, 6) is 0.608. The van der Waals surface area contributed by atoms with Gasteiger partial charge in [0.05, 0.1) is 12.7 Å². The van der Waals surface area contributed by atoms with Crippen LogP contribution in [0, 0.1) is 0 Å². The highest BCUT2D eigenvalue weighted by Crippen LogP contribution is 2.37. The first-order chi connectivity index (χ1) is 9.59. The van der Waals surface area contributed by atoms with Crippen LogP contribution in [0.15, 0.2) is 67.3 Å². The van der Waals surface area contributed by atoms with Crippen molar-refractivity contribution in [3.8, 4) is 5.75 Å². The number of methoxy groups -OCH3 is 1. The summed E-state index contributed by atoms with van der Waals surface area (Å²) < 4.78 is 5.15. The molecule has 20 heavy (non-hydrogen) atoms. The van der Waals surface area contributed by atoms with Crippen molar-refractivity contribution in [2.45, 2.75) is 18.4 Å². The smallest absolute Gasteiger partial charge is 0.118 e. The second-order valence-corrected chi connectivity index (χ2v) is 5.00. The van der Waals surface area contributed by atoms with Gasteiger partial charge in [0.25, 0.3) is 0 Å². The van der Waals surface area contributed by atoms with Crippen LogP contribution in [0.25, 0.3) is 0 Å². The molecule has 0 radical (unpaired) electrons. The van der Waals surface area contributed by atoms with Gasteiger partial charge in [0.1, 0.15) is 5.75 Å². The molecule has 1 N–H and O–H groups in total. The zero-order valence-electron chi connectivity index (χ0n) is 11.9. The normalized spacial score (nSPS) is 15.2. The Balaban J connectivity index is 2.38. The monoisotopic (exact) mass is 268 g/mol. The first-order valence-electron chi connectivity index (χ1n) is 6.64. The van der Waals surface area contributed by atoms with Crippen LogP contribution in [0.2, 0.25) is 0 Å². The zero-order chi connectivity index (χ0) is 14.6. The summed E-state index contributed by atoms with van der Waals surface area (Å²) in [6, 6.07) is 17.4. The number of aliphatic hydroxyl groups is 1. The van der Waals surface area contributed by atoms with Crippen molar-refractivity contribution in [1.82, 2.24) is 0 Å². The number of rotatable bonds is 5. The van der Waals surface area contributed by atoms with E-state index in [0.29, 0.717) is 0 Å². The molecule has 104 valence electrons. The van der Waals surface area contributed by atoms with Crippen LogP contribution in [0.1, 0.15) is 24.0 Å². The molecule has 2 nitrogen and oxygen atoms in total. The molecule has 2 aromatic carbocycles. The second-order valence-electron chi connectivity index (χ2n) is 5.00. The van der Waals surface area contributed by atoms with Gasteiger partial charge < -0.3 is 9.84 Å². The number of hydrogen-bond acceptors (Lipinski definition) is 2. The summed E-state index contributed by atoms with van der Waals surface area (Å²) in [7, 11) is 1.63. The van der Waals surface area contributed by atoms with Crippen molar-refractivity contribution in [3.63, 3.8) is 0 Å². The average Bonchev–Trinajstić information content (AvgIpc) is 2.49. The van der Waals surface area contributed by atoms with Crippen LogP contribution >= 0.6 is 0 Å². The molecule has 0 aliphatic carbocycles. The Bertz CT molecular complexity index is 556. The highest BCUT2D eigenvalue weighted by molar-refractivity contribution is 5.36. The van der Waals surface area contributed by atoms with Gasteiger partial charge in [-0.2, -0.15) is 0 Å². The van der Waals surface area contributed by atoms with Crippen LogP contribution in [-0.4, -0.2) is 12.2 Å². The van der Waals surface area contributed by atoms with E-state index >= 15 is 0 Å². The van der Waals surface area contributed by atoms with E-state index in [1.54, 1.807) is 13.2 Å². The Morgan fingerprint density at radius 2 is 1.70 bits per heavy atom. The molecule has 2 rings (SSSR count). The molecular formula is C18H20O2.